The normalized spacial score (nSPS) is 14.4. The van der Waals surface area contributed by atoms with Gasteiger partial charge in [-0.25, -0.2) is 9.78 Å². The standard InChI is InChI=1S/C20H32N2O4S/c1-3-25-13-7-12-22(19(23)11-10-16-8-5-6-9-16)14-18-21-17(15-27-18)20(24)26-4-2/h15-16H,3-14H2,1-2H3. The van der Waals surface area contributed by atoms with Gasteiger partial charge in [0.05, 0.1) is 13.2 Å². The predicted octanol–water partition coefficient (Wildman–Crippen LogP) is 4.05. The molecule has 0 aromatic carbocycles. The fourth-order valence-corrected chi connectivity index (χ4v) is 4.20. The number of aromatic nitrogens is 1. The van der Waals surface area contributed by atoms with Crippen LogP contribution in [0.3, 0.4) is 0 Å². The largest absolute Gasteiger partial charge is 0.461 e. The Morgan fingerprint density at radius 2 is 2.04 bits per heavy atom. The summed E-state index contributed by atoms with van der Waals surface area (Å²) < 4.78 is 10.4. The van der Waals surface area contributed by atoms with Crippen LogP contribution in [-0.2, 0) is 20.8 Å². The Morgan fingerprint density at radius 3 is 2.74 bits per heavy atom. The fourth-order valence-electron chi connectivity index (χ4n) is 3.42. The van der Waals surface area contributed by atoms with Gasteiger partial charge in [0, 0.05) is 31.6 Å². The first-order chi connectivity index (χ1) is 13.1. The first-order valence-corrected chi connectivity index (χ1v) is 11.0. The van der Waals surface area contributed by atoms with E-state index < -0.39 is 5.97 Å². The number of carbonyl (C=O) groups excluding carboxylic acids is 2. The van der Waals surface area contributed by atoms with Gasteiger partial charge < -0.3 is 14.4 Å². The van der Waals surface area contributed by atoms with Gasteiger partial charge in [-0.3, -0.25) is 4.79 Å². The molecule has 0 spiro atoms. The molecule has 7 heteroatoms. The van der Waals surface area contributed by atoms with Gasteiger partial charge in [-0.05, 0) is 32.6 Å². The summed E-state index contributed by atoms with van der Waals surface area (Å²) in [5.41, 5.74) is 0.324. The lowest BCUT2D eigenvalue weighted by atomic mass is 10.0. The van der Waals surface area contributed by atoms with Gasteiger partial charge in [0.2, 0.25) is 5.91 Å². The summed E-state index contributed by atoms with van der Waals surface area (Å²) in [5.74, 6) is 0.469. The van der Waals surface area contributed by atoms with Gasteiger partial charge in [-0.2, -0.15) is 0 Å². The van der Waals surface area contributed by atoms with Crippen LogP contribution in [0.5, 0.6) is 0 Å². The van der Waals surface area contributed by atoms with Crippen LogP contribution in [0.2, 0.25) is 0 Å². The molecule has 1 amide bonds. The Morgan fingerprint density at radius 1 is 1.26 bits per heavy atom. The molecule has 0 atom stereocenters. The first kappa shape index (κ1) is 21.8. The molecule has 1 aromatic rings. The zero-order valence-electron chi connectivity index (χ0n) is 16.6. The number of rotatable bonds is 12. The van der Waals surface area contributed by atoms with Gasteiger partial charge >= 0.3 is 5.97 Å². The van der Waals surface area contributed by atoms with Crippen molar-refractivity contribution < 1.29 is 19.1 Å². The van der Waals surface area contributed by atoms with E-state index in [1.54, 1.807) is 12.3 Å². The highest BCUT2D eigenvalue weighted by Gasteiger charge is 2.21. The molecule has 1 aliphatic carbocycles. The zero-order chi connectivity index (χ0) is 19.5. The van der Waals surface area contributed by atoms with Crippen molar-refractivity contribution in [2.75, 3.05) is 26.4 Å². The fraction of sp³-hybridized carbons (Fsp3) is 0.750. The smallest absolute Gasteiger partial charge is 0.357 e. The third kappa shape index (κ3) is 7.58. The summed E-state index contributed by atoms with van der Waals surface area (Å²) in [6.07, 6.45) is 7.49. The van der Waals surface area contributed by atoms with E-state index in [1.165, 1.54) is 37.0 Å². The maximum absolute atomic E-state index is 12.8. The molecule has 152 valence electrons. The van der Waals surface area contributed by atoms with Gasteiger partial charge in [-0.1, -0.05) is 25.7 Å². The number of ether oxygens (including phenoxy) is 2. The molecule has 2 rings (SSSR count). The lowest BCUT2D eigenvalue weighted by Crippen LogP contribution is -2.32. The molecule has 1 heterocycles. The molecule has 0 unspecified atom stereocenters. The van der Waals surface area contributed by atoms with Crippen LogP contribution in [0.1, 0.15) is 74.3 Å². The second-order valence-corrected chi connectivity index (χ2v) is 7.84. The van der Waals surface area contributed by atoms with Crippen LogP contribution >= 0.6 is 11.3 Å². The summed E-state index contributed by atoms with van der Waals surface area (Å²) in [6, 6.07) is 0. The Hall–Kier alpha value is -1.47. The van der Waals surface area contributed by atoms with E-state index >= 15 is 0 Å². The summed E-state index contributed by atoms with van der Waals surface area (Å²) in [4.78, 5) is 30.8. The number of nitrogens with zero attached hydrogens (tertiary/aromatic N) is 2. The summed E-state index contributed by atoms with van der Waals surface area (Å²) in [5, 5.41) is 2.47. The molecule has 0 radical (unpaired) electrons. The zero-order valence-corrected chi connectivity index (χ0v) is 17.4. The van der Waals surface area contributed by atoms with Gasteiger partial charge in [-0.15, -0.1) is 11.3 Å². The van der Waals surface area contributed by atoms with E-state index in [0.717, 1.165) is 17.8 Å². The molecule has 1 aliphatic rings. The summed E-state index contributed by atoms with van der Waals surface area (Å²) in [7, 11) is 0. The van der Waals surface area contributed by atoms with E-state index in [1.807, 2.05) is 11.8 Å². The molecule has 0 saturated heterocycles. The second kappa shape index (κ2) is 12.1. The highest BCUT2D eigenvalue weighted by molar-refractivity contribution is 7.09. The van der Waals surface area contributed by atoms with Crippen LogP contribution in [0.15, 0.2) is 5.38 Å². The van der Waals surface area contributed by atoms with E-state index in [0.29, 0.717) is 50.9 Å². The highest BCUT2D eigenvalue weighted by Crippen LogP contribution is 2.29. The molecule has 27 heavy (non-hydrogen) atoms. The molecule has 6 nitrogen and oxygen atoms in total. The topological polar surface area (TPSA) is 68.7 Å². The Kier molecular flexibility index (Phi) is 9.77. The van der Waals surface area contributed by atoms with E-state index in [-0.39, 0.29) is 5.91 Å². The lowest BCUT2D eigenvalue weighted by molar-refractivity contribution is -0.132. The average molecular weight is 397 g/mol. The third-order valence-electron chi connectivity index (χ3n) is 4.88. The van der Waals surface area contributed by atoms with Crippen LogP contribution in [-0.4, -0.2) is 48.1 Å². The van der Waals surface area contributed by atoms with E-state index in [2.05, 4.69) is 4.98 Å². The minimum absolute atomic E-state index is 0.172. The number of hydrogen-bond acceptors (Lipinski definition) is 6. The third-order valence-corrected chi connectivity index (χ3v) is 5.71. The highest BCUT2D eigenvalue weighted by atomic mass is 32.1. The number of thiazole rings is 1. The van der Waals surface area contributed by atoms with Crippen molar-refractivity contribution in [3.8, 4) is 0 Å². The first-order valence-electron chi connectivity index (χ1n) is 10.1. The number of hydrogen-bond donors (Lipinski definition) is 0. The van der Waals surface area contributed by atoms with Crippen molar-refractivity contribution in [1.82, 2.24) is 9.88 Å². The van der Waals surface area contributed by atoms with Crippen LogP contribution < -0.4 is 0 Å². The Balaban J connectivity index is 1.91. The van der Waals surface area contributed by atoms with E-state index in [4.69, 9.17) is 9.47 Å². The van der Waals surface area contributed by atoms with Crippen LogP contribution in [0, 0.1) is 5.92 Å². The van der Waals surface area contributed by atoms with Crippen molar-refractivity contribution in [2.45, 2.75) is 65.3 Å². The number of esters is 1. The minimum Gasteiger partial charge on any atom is -0.461 e. The molecule has 0 N–H and O–H groups in total. The van der Waals surface area contributed by atoms with Crippen molar-refractivity contribution in [2.24, 2.45) is 5.92 Å². The van der Waals surface area contributed by atoms with Gasteiger partial charge in [0.1, 0.15) is 5.01 Å². The SMILES string of the molecule is CCOCCCN(Cc1nc(C(=O)OCC)cs1)C(=O)CCC1CCCC1. The molecule has 0 aliphatic heterocycles. The molecular weight excluding hydrogens is 364 g/mol. The van der Waals surface area contributed by atoms with Crippen molar-refractivity contribution in [3.63, 3.8) is 0 Å². The molecular formula is C20H32N2O4S. The maximum atomic E-state index is 12.8. The van der Waals surface area contributed by atoms with Gasteiger partial charge in [0.25, 0.3) is 0 Å². The molecule has 0 bridgehead atoms. The summed E-state index contributed by atoms with van der Waals surface area (Å²) in [6.45, 7) is 6.50. The summed E-state index contributed by atoms with van der Waals surface area (Å²) >= 11 is 1.40. The van der Waals surface area contributed by atoms with Gasteiger partial charge in [0.15, 0.2) is 5.69 Å². The minimum atomic E-state index is -0.407. The Labute approximate surface area is 166 Å². The maximum Gasteiger partial charge on any atom is 0.357 e. The lowest BCUT2D eigenvalue weighted by Gasteiger charge is -2.22. The quantitative estimate of drug-likeness (QED) is 0.394. The number of carbonyl (C=O) groups is 2. The predicted molar refractivity (Wildman–Crippen MR) is 106 cm³/mol. The van der Waals surface area contributed by atoms with Crippen molar-refractivity contribution in [3.05, 3.63) is 16.1 Å². The molecule has 1 aromatic heterocycles. The number of amides is 1. The van der Waals surface area contributed by atoms with Crippen LogP contribution in [0.4, 0.5) is 0 Å². The average Bonchev–Trinajstić information content (AvgIpc) is 3.34. The Bertz CT molecular complexity index is 584. The molecule has 1 fully saturated rings. The van der Waals surface area contributed by atoms with Crippen LogP contribution in [0.25, 0.3) is 0 Å². The second-order valence-electron chi connectivity index (χ2n) is 6.90. The van der Waals surface area contributed by atoms with E-state index in [9.17, 15) is 9.59 Å². The monoisotopic (exact) mass is 396 g/mol. The van der Waals surface area contributed by atoms with Crippen molar-refractivity contribution >= 4 is 23.2 Å². The molecule has 1 saturated carbocycles. The van der Waals surface area contributed by atoms with Crippen molar-refractivity contribution in [1.29, 1.82) is 0 Å².